The molecule has 0 spiro atoms. The molecule has 0 aromatic rings. The summed E-state index contributed by atoms with van der Waals surface area (Å²) in [4.78, 5) is 0. The second kappa shape index (κ2) is 3.58. The number of hydrogen-bond donors (Lipinski definition) is 1. The summed E-state index contributed by atoms with van der Waals surface area (Å²) in [5, 5.41) is 9.85. The number of aliphatic hydroxyl groups is 1. The zero-order valence-electron chi connectivity index (χ0n) is 9.26. The topological polar surface area (TPSA) is 29.5 Å². The summed E-state index contributed by atoms with van der Waals surface area (Å²) in [5.41, 5.74) is 0.135. The van der Waals surface area contributed by atoms with Crippen molar-refractivity contribution in [2.24, 2.45) is 5.41 Å². The number of hydrogen-bond acceptors (Lipinski definition) is 2. The average molecular weight is 186 g/mol. The van der Waals surface area contributed by atoms with Gasteiger partial charge in [-0.25, -0.2) is 0 Å². The number of aliphatic hydroxyl groups excluding tert-OH is 1. The van der Waals surface area contributed by atoms with Gasteiger partial charge in [-0.2, -0.15) is 0 Å². The fourth-order valence-electron chi connectivity index (χ4n) is 1.47. The lowest BCUT2D eigenvalue weighted by Gasteiger charge is -2.26. The van der Waals surface area contributed by atoms with Crippen LogP contribution in [-0.2, 0) is 4.74 Å². The van der Waals surface area contributed by atoms with E-state index < -0.39 is 0 Å². The first-order valence-corrected chi connectivity index (χ1v) is 5.13. The lowest BCUT2D eigenvalue weighted by atomic mass is 9.92. The van der Waals surface area contributed by atoms with Gasteiger partial charge in [0.2, 0.25) is 0 Å². The SMILES string of the molecule is COC(C)(C)CCC(O)C1(C)CC1. The Morgan fingerprint density at radius 2 is 2.00 bits per heavy atom. The fourth-order valence-corrected chi connectivity index (χ4v) is 1.47. The van der Waals surface area contributed by atoms with Crippen LogP contribution >= 0.6 is 0 Å². The van der Waals surface area contributed by atoms with Crippen LogP contribution in [0.15, 0.2) is 0 Å². The van der Waals surface area contributed by atoms with E-state index in [-0.39, 0.29) is 17.1 Å². The third-order valence-corrected chi connectivity index (χ3v) is 3.42. The Kier molecular flexibility index (Phi) is 3.03. The molecule has 13 heavy (non-hydrogen) atoms. The van der Waals surface area contributed by atoms with Crippen LogP contribution in [0.3, 0.4) is 0 Å². The standard InChI is InChI=1S/C11H22O2/c1-10(2,13-4)6-5-9(12)11(3)7-8-11/h9,12H,5-8H2,1-4H3. The zero-order valence-corrected chi connectivity index (χ0v) is 9.26. The molecule has 2 nitrogen and oxygen atoms in total. The van der Waals surface area contributed by atoms with Gasteiger partial charge in [-0.15, -0.1) is 0 Å². The van der Waals surface area contributed by atoms with Crippen LogP contribution in [0, 0.1) is 5.41 Å². The van der Waals surface area contributed by atoms with Crippen molar-refractivity contribution < 1.29 is 9.84 Å². The van der Waals surface area contributed by atoms with Gasteiger partial charge >= 0.3 is 0 Å². The van der Waals surface area contributed by atoms with Crippen LogP contribution in [0.5, 0.6) is 0 Å². The van der Waals surface area contributed by atoms with Crippen LogP contribution in [0.2, 0.25) is 0 Å². The summed E-state index contributed by atoms with van der Waals surface area (Å²) in [6.45, 7) is 6.29. The van der Waals surface area contributed by atoms with Crippen molar-refractivity contribution in [2.75, 3.05) is 7.11 Å². The summed E-state index contributed by atoms with van der Waals surface area (Å²) < 4.78 is 5.31. The molecule has 0 amide bonds. The maximum absolute atomic E-state index is 9.85. The Morgan fingerprint density at radius 1 is 1.46 bits per heavy atom. The van der Waals surface area contributed by atoms with E-state index in [2.05, 4.69) is 20.8 Å². The summed E-state index contributed by atoms with van der Waals surface area (Å²) in [6.07, 6.45) is 4.02. The molecular formula is C11H22O2. The first-order chi connectivity index (χ1) is 5.90. The molecule has 1 unspecified atom stereocenters. The van der Waals surface area contributed by atoms with E-state index in [0.717, 1.165) is 12.8 Å². The van der Waals surface area contributed by atoms with E-state index in [1.165, 1.54) is 12.8 Å². The molecule has 0 saturated heterocycles. The second-order valence-electron chi connectivity index (χ2n) is 5.17. The molecule has 0 heterocycles. The highest BCUT2D eigenvalue weighted by Crippen LogP contribution is 2.49. The van der Waals surface area contributed by atoms with E-state index >= 15 is 0 Å². The van der Waals surface area contributed by atoms with Crippen LogP contribution in [0.1, 0.15) is 46.5 Å². The average Bonchev–Trinajstić information content (AvgIpc) is 2.81. The fraction of sp³-hybridized carbons (Fsp3) is 1.00. The lowest BCUT2D eigenvalue weighted by molar-refractivity contribution is -0.00520. The number of methoxy groups -OCH3 is 1. The van der Waals surface area contributed by atoms with E-state index in [4.69, 9.17) is 4.74 Å². The Morgan fingerprint density at radius 3 is 2.38 bits per heavy atom. The van der Waals surface area contributed by atoms with Crippen LogP contribution in [0.4, 0.5) is 0 Å². The Balaban J connectivity index is 2.26. The van der Waals surface area contributed by atoms with Crippen LogP contribution < -0.4 is 0 Å². The van der Waals surface area contributed by atoms with Crippen LogP contribution in [0.25, 0.3) is 0 Å². The highest BCUT2D eigenvalue weighted by atomic mass is 16.5. The molecule has 0 aromatic carbocycles. The Bertz CT molecular complexity index is 171. The predicted octanol–water partition coefficient (Wildman–Crippen LogP) is 2.35. The minimum atomic E-state index is -0.137. The second-order valence-corrected chi connectivity index (χ2v) is 5.17. The number of rotatable bonds is 5. The summed E-state index contributed by atoms with van der Waals surface area (Å²) in [5.74, 6) is 0. The molecule has 1 aliphatic rings. The van der Waals surface area contributed by atoms with E-state index in [1.54, 1.807) is 7.11 Å². The molecule has 1 saturated carbocycles. The van der Waals surface area contributed by atoms with E-state index in [1.807, 2.05) is 0 Å². The molecule has 2 heteroatoms. The van der Waals surface area contributed by atoms with Crippen molar-refractivity contribution >= 4 is 0 Å². The van der Waals surface area contributed by atoms with Crippen molar-refractivity contribution in [2.45, 2.75) is 58.2 Å². The van der Waals surface area contributed by atoms with Gasteiger partial charge in [0.15, 0.2) is 0 Å². The van der Waals surface area contributed by atoms with Crippen molar-refractivity contribution in [3.05, 3.63) is 0 Å². The monoisotopic (exact) mass is 186 g/mol. The molecule has 1 atom stereocenters. The zero-order chi connectivity index (χ0) is 10.1. The summed E-state index contributed by atoms with van der Waals surface area (Å²) >= 11 is 0. The molecule has 1 aliphatic carbocycles. The molecule has 1 fully saturated rings. The third-order valence-electron chi connectivity index (χ3n) is 3.42. The van der Waals surface area contributed by atoms with Gasteiger partial charge in [0.1, 0.15) is 0 Å². The van der Waals surface area contributed by atoms with Crippen molar-refractivity contribution in [1.82, 2.24) is 0 Å². The minimum absolute atomic E-state index is 0.0910. The Hall–Kier alpha value is -0.0800. The predicted molar refractivity (Wildman–Crippen MR) is 53.7 cm³/mol. The van der Waals surface area contributed by atoms with Gasteiger partial charge in [-0.1, -0.05) is 6.92 Å². The molecule has 78 valence electrons. The maximum atomic E-state index is 9.85. The van der Waals surface area contributed by atoms with Crippen LogP contribution in [-0.4, -0.2) is 23.9 Å². The molecular weight excluding hydrogens is 164 g/mol. The summed E-state index contributed by atoms with van der Waals surface area (Å²) in [7, 11) is 1.73. The normalized spacial score (nSPS) is 22.8. The molecule has 0 bridgehead atoms. The van der Waals surface area contributed by atoms with E-state index in [9.17, 15) is 5.11 Å². The molecule has 0 aliphatic heterocycles. The highest BCUT2D eigenvalue weighted by molar-refractivity contribution is 4.95. The minimum Gasteiger partial charge on any atom is -0.393 e. The van der Waals surface area contributed by atoms with Crippen molar-refractivity contribution in [3.8, 4) is 0 Å². The van der Waals surface area contributed by atoms with Gasteiger partial charge in [0, 0.05) is 7.11 Å². The molecule has 0 radical (unpaired) electrons. The summed E-state index contributed by atoms with van der Waals surface area (Å²) in [6, 6.07) is 0. The first-order valence-electron chi connectivity index (χ1n) is 5.13. The molecule has 0 aromatic heterocycles. The van der Waals surface area contributed by atoms with Gasteiger partial charge in [0.05, 0.1) is 11.7 Å². The van der Waals surface area contributed by atoms with Gasteiger partial charge in [0.25, 0.3) is 0 Å². The van der Waals surface area contributed by atoms with Crippen molar-refractivity contribution in [3.63, 3.8) is 0 Å². The smallest absolute Gasteiger partial charge is 0.0623 e. The van der Waals surface area contributed by atoms with Gasteiger partial charge in [-0.05, 0) is 44.9 Å². The van der Waals surface area contributed by atoms with Gasteiger partial charge < -0.3 is 9.84 Å². The largest absolute Gasteiger partial charge is 0.393 e. The van der Waals surface area contributed by atoms with Crippen molar-refractivity contribution in [1.29, 1.82) is 0 Å². The lowest BCUT2D eigenvalue weighted by Crippen LogP contribution is -2.27. The Labute approximate surface area is 81.3 Å². The molecule has 1 N–H and O–H groups in total. The quantitative estimate of drug-likeness (QED) is 0.714. The molecule has 1 rings (SSSR count). The highest BCUT2D eigenvalue weighted by Gasteiger charge is 2.44. The maximum Gasteiger partial charge on any atom is 0.0623 e. The van der Waals surface area contributed by atoms with Gasteiger partial charge in [-0.3, -0.25) is 0 Å². The number of ether oxygens (including phenoxy) is 1. The first kappa shape index (κ1) is 11.0. The van der Waals surface area contributed by atoms with E-state index in [0.29, 0.717) is 0 Å². The third kappa shape index (κ3) is 2.96.